The van der Waals surface area contributed by atoms with Gasteiger partial charge in [-0.3, -0.25) is 4.99 Å². The fourth-order valence-electron chi connectivity index (χ4n) is 3.64. The molecule has 30 heavy (non-hydrogen) atoms. The van der Waals surface area contributed by atoms with Crippen molar-refractivity contribution in [1.82, 2.24) is 25.2 Å². The van der Waals surface area contributed by atoms with Crippen LogP contribution in [0.15, 0.2) is 35.7 Å². The van der Waals surface area contributed by atoms with Crippen LogP contribution in [-0.2, 0) is 6.54 Å². The molecule has 2 aromatic heterocycles. The zero-order chi connectivity index (χ0) is 20.5. The van der Waals surface area contributed by atoms with E-state index >= 15 is 0 Å². The molecular formula is C22H36IN7. The first-order valence-electron chi connectivity index (χ1n) is 10.9. The van der Waals surface area contributed by atoms with E-state index in [0.29, 0.717) is 6.04 Å². The molecule has 0 aliphatic carbocycles. The summed E-state index contributed by atoms with van der Waals surface area (Å²) in [4.78, 5) is 16.0. The minimum absolute atomic E-state index is 0. The van der Waals surface area contributed by atoms with E-state index in [0.717, 1.165) is 76.0 Å². The van der Waals surface area contributed by atoms with Gasteiger partial charge in [0.25, 0.3) is 0 Å². The summed E-state index contributed by atoms with van der Waals surface area (Å²) in [5.74, 6) is 3.11. The Morgan fingerprint density at radius 2 is 1.97 bits per heavy atom. The highest BCUT2D eigenvalue weighted by Gasteiger charge is 2.20. The molecule has 0 amide bonds. The Kier molecular flexibility index (Phi) is 10.4. The largest absolute Gasteiger partial charge is 0.357 e. The minimum atomic E-state index is 0. The fraction of sp³-hybridized carbons (Fsp3) is 0.591. The Morgan fingerprint density at radius 3 is 2.60 bits per heavy atom. The SMILES string of the molecule is CCNC(=NCCCCn1ccnc1C)NC1CCN(c2ccc(C)cn2)CC1.I. The van der Waals surface area contributed by atoms with Gasteiger partial charge in [-0.25, -0.2) is 9.97 Å². The van der Waals surface area contributed by atoms with Gasteiger partial charge in [0.15, 0.2) is 5.96 Å². The summed E-state index contributed by atoms with van der Waals surface area (Å²) in [7, 11) is 0. The van der Waals surface area contributed by atoms with Crippen LogP contribution in [0.4, 0.5) is 5.82 Å². The van der Waals surface area contributed by atoms with Crippen molar-refractivity contribution in [1.29, 1.82) is 0 Å². The first kappa shape index (κ1) is 24.4. The van der Waals surface area contributed by atoms with Crippen LogP contribution in [-0.4, -0.2) is 52.7 Å². The third-order valence-corrected chi connectivity index (χ3v) is 5.40. The van der Waals surface area contributed by atoms with Crippen molar-refractivity contribution >= 4 is 35.8 Å². The fourth-order valence-corrected chi connectivity index (χ4v) is 3.64. The lowest BCUT2D eigenvalue weighted by atomic mass is 10.1. The highest BCUT2D eigenvalue weighted by Crippen LogP contribution is 2.18. The number of aryl methyl sites for hydroxylation is 3. The topological polar surface area (TPSA) is 70.4 Å². The van der Waals surface area contributed by atoms with Crippen molar-refractivity contribution in [2.45, 2.75) is 59.0 Å². The average molecular weight is 525 g/mol. The third kappa shape index (κ3) is 7.45. The maximum Gasteiger partial charge on any atom is 0.191 e. The minimum Gasteiger partial charge on any atom is -0.357 e. The lowest BCUT2D eigenvalue weighted by Crippen LogP contribution is -2.49. The number of anilines is 1. The molecule has 2 aromatic rings. The highest BCUT2D eigenvalue weighted by atomic mass is 127. The predicted octanol–water partition coefficient (Wildman–Crippen LogP) is 3.52. The number of hydrogen-bond acceptors (Lipinski definition) is 4. The summed E-state index contributed by atoms with van der Waals surface area (Å²) in [5, 5.41) is 7.02. The molecule has 0 saturated carbocycles. The Bertz CT molecular complexity index is 764. The van der Waals surface area contributed by atoms with Gasteiger partial charge >= 0.3 is 0 Å². The molecule has 166 valence electrons. The second-order valence-electron chi connectivity index (χ2n) is 7.74. The van der Waals surface area contributed by atoms with Crippen LogP contribution in [0.1, 0.15) is 44.0 Å². The molecule has 1 aliphatic heterocycles. The van der Waals surface area contributed by atoms with E-state index in [9.17, 15) is 0 Å². The molecule has 8 heteroatoms. The number of pyridine rings is 1. The second kappa shape index (κ2) is 12.8. The van der Waals surface area contributed by atoms with E-state index in [2.05, 4.69) is 56.0 Å². The van der Waals surface area contributed by atoms with Crippen LogP contribution in [0.25, 0.3) is 0 Å². The molecule has 1 aliphatic rings. The van der Waals surface area contributed by atoms with E-state index in [4.69, 9.17) is 4.99 Å². The number of hydrogen-bond donors (Lipinski definition) is 2. The predicted molar refractivity (Wildman–Crippen MR) is 135 cm³/mol. The molecule has 7 nitrogen and oxygen atoms in total. The van der Waals surface area contributed by atoms with Crippen molar-refractivity contribution in [2.24, 2.45) is 4.99 Å². The van der Waals surface area contributed by atoms with Crippen LogP contribution in [0.5, 0.6) is 0 Å². The monoisotopic (exact) mass is 525 g/mol. The lowest BCUT2D eigenvalue weighted by Gasteiger charge is -2.33. The number of aromatic nitrogens is 3. The number of aliphatic imine (C=N–C) groups is 1. The Labute approximate surface area is 197 Å². The van der Waals surface area contributed by atoms with Gasteiger partial charge in [-0.1, -0.05) is 6.07 Å². The zero-order valence-corrected chi connectivity index (χ0v) is 20.8. The summed E-state index contributed by atoms with van der Waals surface area (Å²) < 4.78 is 2.20. The Balaban J connectivity index is 0.00000320. The van der Waals surface area contributed by atoms with Crippen molar-refractivity contribution < 1.29 is 0 Å². The molecule has 1 saturated heterocycles. The van der Waals surface area contributed by atoms with Gasteiger partial charge in [0.1, 0.15) is 11.6 Å². The molecule has 0 aromatic carbocycles. The van der Waals surface area contributed by atoms with E-state index in [1.165, 1.54) is 5.56 Å². The van der Waals surface area contributed by atoms with Crippen LogP contribution in [0.3, 0.4) is 0 Å². The summed E-state index contributed by atoms with van der Waals surface area (Å²) >= 11 is 0. The standard InChI is InChI=1S/C22H35N7.HI/c1-4-23-22(25-11-5-6-13-28-16-12-24-19(28)3)27-20-9-14-29(15-10-20)21-8-7-18(2)17-26-21;/h7-8,12,16-17,20H,4-6,9-11,13-15H2,1-3H3,(H2,23,25,27);1H. The van der Waals surface area contributed by atoms with E-state index < -0.39 is 0 Å². The van der Waals surface area contributed by atoms with Crippen LogP contribution >= 0.6 is 24.0 Å². The van der Waals surface area contributed by atoms with Crippen LogP contribution < -0.4 is 15.5 Å². The van der Waals surface area contributed by atoms with Gasteiger partial charge in [-0.05, 0) is 58.1 Å². The third-order valence-electron chi connectivity index (χ3n) is 5.40. The van der Waals surface area contributed by atoms with Crippen molar-refractivity contribution in [2.75, 3.05) is 31.1 Å². The summed E-state index contributed by atoms with van der Waals surface area (Å²) in [6.45, 7) is 11.0. The summed E-state index contributed by atoms with van der Waals surface area (Å²) in [5.41, 5.74) is 1.21. The number of nitrogens with zero attached hydrogens (tertiary/aromatic N) is 5. The molecule has 2 N–H and O–H groups in total. The normalized spacial score (nSPS) is 15.0. The molecule has 3 heterocycles. The number of guanidine groups is 1. The average Bonchev–Trinajstić information content (AvgIpc) is 3.14. The highest BCUT2D eigenvalue weighted by molar-refractivity contribution is 14.0. The van der Waals surface area contributed by atoms with Gasteiger partial charge in [0, 0.05) is 57.4 Å². The quantitative estimate of drug-likeness (QED) is 0.239. The maximum atomic E-state index is 4.78. The Morgan fingerprint density at radius 1 is 1.17 bits per heavy atom. The number of unbranched alkanes of at least 4 members (excludes halogenated alkanes) is 1. The molecule has 3 rings (SSSR count). The molecule has 0 radical (unpaired) electrons. The molecule has 0 bridgehead atoms. The molecule has 0 atom stereocenters. The van der Waals surface area contributed by atoms with Crippen LogP contribution in [0.2, 0.25) is 0 Å². The Hall–Kier alpha value is -1.84. The molecular weight excluding hydrogens is 489 g/mol. The van der Waals surface area contributed by atoms with Crippen molar-refractivity contribution in [3.63, 3.8) is 0 Å². The van der Waals surface area contributed by atoms with Gasteiger partial charge in [0.05, 0.1) is 0 Å². The second-order valence-corrected chi connectivity index (χ2v) is 7.74. The van der Waals surface area contributed by atoms with Gasteiger partial charge < -0.3 is 20.1 Å². The number of halogens is 1. The lowest BCUT2D eigenvalue weighted by molar-refractivity contribution is 0.459. The molecule has 0 unspecified atom stereocenters. The molecule has 0 spiro atoms. The van der Waals surface area contributed by atoms with E-state index in [1.807, 2.05) is 25.5 Å². The van der Waals surface area contributed by atoms with Gasteiger partial charge in [0.2, 0.25) is 0 Å². The first-order valence-corrected chi connectivity index (χ1v) is 10.9. The number of imidazole rings is 1. The zero-order valence-electron chi connectivity index (χ0n) is 18.5. The van der Waals surface area contributed by atoms with Crippen LogP contribution in [0, 0.1) is 13.8 Å². The molecule has 1 fully saturated rings. The summed E-state index contributed by atoms with van der Waals surface area (Å²) in [6, 6.07) is 4.72. The first-order chi connectivity index (χ1) is 14.2. The van der Waals surface area contributed by atoms with Gasteiger partial charge in [-0.2, -0.15) is 0 Å². The smallest absolute Gasteiger partial charge is 0.191 e. The number of rotatable bonds is 8. The van der Waals surface area contributed by atoms with Gasteiger partial charge in [-0.15, -0.1) is 24.0 Å². The summed E-state index contributed by atoms with van der Waals surface area (Å²) in [6.07, 6.45) is 10.2. The maximum absolute atomic E-state index is 4.78. The van der Waals surface area contributed by atoms with E-state index in [1.54, 1.807) is 0 Å². The van der Waals surface area contributed by atoms with Crippen molar-refractivity contribution in [3.05, 3.63) is 42.1 Å². The number of nitrogens with one attached hydrogen (secondary N) is 2. The van der Waals surface area contributed by atoms with Crippen molar-refractivity contribution in [3.8, 4) is 0 Å². The number of piperidine rings is 1. The van der Waals surface area contributed by atoms with E-state index in [-0.39, 0.29) is 24.0 Å².